The number of anilines is 1. The van der Waals surface area contributed by atoms with Crippen molar-refractivity contribution in [2.45, 2.75) is 37.3 Å². The van der Waals surface area contributed by atoms with Crippen LogP contribution in [0.3, 0.4) is 0 Å². The predicted octanol–water partition coefficient (Wildman–Crippen LogP) is 1.36. The van der Waals surface area contributed by atoms with E-state index < -0.39 is 10.0 Å². The molecule has 1 aliphatic rings. The lowest BCUT2D eigenvalue weighted by atomic mass is 9.65. The highest BCUT2D eigenvalue weighted by atomic mass is 32.2. The van der Waals surface area contributed by atoms with Crippen LogP contribution in [0.5, 0.6) is 0 Å². The number of nitrogens with one attached hydrogen (secondary N) is 1. The van der Waals surface area contributed by atoms with Crippen molar-refractivity contribution in [1.29, 1.82) is 0 Å². The molecule has 2 unspecified atom stereocenters. The smallest absolute Gasteiger partial charge is 0.242 e. The predicted molar refractivity (Wildman–Crippen MR) is 74.2 cm³/mol. The van der Waals surface area contributed by atoms with Crippen LogP contribution in [0.4, 0.5) is 5.69 Å². The second kappa shape index (κ2) is 4.77. The largest absolute Gasteiger partial charge is 0.398 e. The normalized spacial score (nSPS) is 25.8. The van der Waals surface area contributed by atoms with Crippen molar-refractivity contribution >= 4 is 15.7 Å². The van der Waals surface area contributed by atoms with E-state index in [9.17, 15) is 8.42 Å². The van der Waals surface area contributed by atoms with Gasteiger partial charge in [0.1, 0.15) is 4.90 Å². The lowest BCUT2D eigenvalue weighted by molar-refractivity contribution is -0.0908. The van der Waals surface area contributed by atoms with Gasteiger partial charge in [-0.25, -0.2) is 13.1 Å². The van der Waals surface area contributed by atoms with E-state index in [2.05, 4.69) is 4.72 Å². The number of ether oxygens (including phenoxy) is 1. The Labute approximate surface area is 114 Å². The SMILES string of the molecule is COC1CC(NS(=O)(=O)c2ccccc2N)C1(C)C. The third kappa shape index (κ3) is 2.48. The molecule has 0 saturated heterocycles. The van der Waals surface area contributed by atoms with Crippen molar-refractivity contribution in [2.24, 2.45) is 5.41 Å². The van der Waals surface area contributed by atoms with Crippen LogP contribution in [-0.2, 0) is 14.8 Å². The number of para-hydroxylation sites is 1. The Morgan fingerprint density at radius 2 is 2.00 bits per heavy atom. The molecule has 1 aromatic carbocycles. The second-order valence-electron chi connectivity index (χ2n) is 5.49. The molecule has 6 heteroatoms. The number of hydrogen-bond donors (Lipinski definition) is 2. The minimum Gasteiger partial charge on any atom is -0.398 e. The Hall–Kier alpha value is -1.11. The molecule has 0 bridgehead atoms. The number of nitrogen functional groups attached to an aromatic ring is 1. The van der Waals surface area contributed by atoms with Crippen LogP contribution in [0.25, 0.3) is 0 Å². The molecule has 2 atom stereocenters. The lowest BCUT2D eigenvalue weighted by Gasteiger charge is -2.50. The molecule has 0 heterocycles. The van der Waals surface area contributed by atoms with Gasteiger partial charge in [-0.15, -0.1) is 0 Å². The molecule has 1 saturated carbocycles. The number of rotatable bonds is 4. The van der Waals surface area contributed by atoms with Crippen LogP contribution < -0.4 is 10.5 Å². The molecule has 0 aromatic heterocycles. The molecule has 1 aliphatic carbocycles. The van der Waals surface area contributed by atoms with E-state index in [1.807, 2.05) is 13.8 Å². The quantitative estimate of drug-likeness (QED) is 0.818. The van der Waals surface area contributed by atoms with Crippen LogP contribution in [0.1, 0.15) is 20.3 Å². The van der Waals surface area contributed by atoms with Gasteiger partial charge in [-0.1, -0.05) is 26.0 Å². The van der Waals surface area contributed by atoms with Gasteiger partial charge in [0.05, 0.1) is 11.8 Å². The highest BCUT2D eigenvalue weighted by Gasteiger charge is 2.50. The highest BCUT2D eigenvalue weighted by Crippen LogP contribution is 2.43. The van der Waals surface area contributed by atoms with Crippen molar-refractivity contribution in [3.8, 4) is 0 Å². The highest BCUT2D eigenvalue weighted by molar-refractivity contribution is 7.89. The summed E-state index contributed by atoms with van der Waals surface area (Å²) in [5, 5.41) is 0. The molecule has 5 nitrogen and oxygen atoms in total. The maximum absolute atomic E-state index is 12.3. The average molecular weight is 284 g/mol. The molecule has 0 spiro atoms. The fourth-order valence-electron chi connectivity index (χ4n) is 2.46. The zero-order valence-electron chi connectivity index (χ0n) is 11.4. The molecule has 19 heavy (non-hydrogen) atoms. The Morgan fingerprint density at radius 3 is 2.53 bits per heavy atom. The molecule has 1 fully saturated rings. The van der Waals surface area contributed by atoms with E-state index in [1.165, 1.54) is 6.07 Å². The summed E-state index contributed by atoms with van der Waals surface area (Å²) < 4.78 is 32.6. The fraction of sp³-hybridized carbons (Fsp3) is 0.538. The number of hydrogen-bond acceptors (Lipinski definition) is 4. The van der Waals surface area contributed by atoms with Crippen molar-refractivity contribution in [3.63, 3.8) is 0 Å². The molecular formula is C13H20N2O3S. The first-order valence-corrected chi connectivity index (χ1v) is 7.67. The third-order valence-corrected chi connectivity index (χ3v) is 5.51. The lowest BCUT2D eigenvalue weighted by Crippen LogP contribution is -2.61. The Balaban J connectivity index is 2.19. The van der Waals surface area contributed by atoms with Gasteiger partial charge in [-0.05, 0) is 18.6 Å². The third-order valence-electron chi connectivity index (χ3n) is 3.97. The van der Waals surface area contributed by atoms with Crippen LogP contribution in [0, 0.1) is 5.41 Å². The Kier molecular flexibility index (Phi) is 3.59. The summed E-state index contributed by atoms with van der Waals surface area (Å²) in [4.78, 5) is 0.131. The van der Waals surface area contributed by atoms with Gasteiger partial charge in [-0.2, -0.15) is 0 Å². The minimum atomic E-state index is -3.58. The standard InChI is InChI=1S/C13H20N2O3S/c1-13(2)11(8-12(13)18-3)15-19(16,17)10-7-5-4-6-9(10)14/h4-7,11-12,15H,8,14H2,1-3H3. The van der Waals surface area contributed by atoms with E-state index in [0.717, 1.165) is 0 Å². The van der Waals surface area contributed by atoms with Crippen molar-refractivity contribution in [2.75, 3.05) is 12.8 Å². The summed E-state index contributed by atoms with van der Waals surface area (Å²) in [5.74, 6) is 0. The topological polar surface area (TPSA) is 81.4 Å². The average Bonchev–Trinajstić information content (AvgIpc) is 2.34. The summed E-state index contributed by atoms with van der Waals surface area (Å²) in [6.45, 7) is 3.98. The Morgan fingerprint density at radius 1 is 1.37 bits per heavy atom. The molecule has 3 N–H and O–H groups in total. The van der Waals surface area contributed by atoms with Gasteiger partial charge in [0, 0.05) is 18.6 Å². The van der Waals surface area contributed by atoms with Gasteiger partial charge in [0.15, 0.2) is 0 Å². The monoisotopic (exact) mass is 284 g/mol. The van der Waals surface area contributed by atoms with Crippen LogP contribution in [0.15, 0.2) is 29.2 Å². The van der Waals surface area contributed by atoms with E-state index in [1.54, 1.807) is 25.3 Å². The van der Waals surface area contributed by atoms with E-state index in [4.69, 9.17) is 10.5 Å². The van der Waals surface area contributed by atoms with E-state index in [-0.39, 0.29) is 28.1 Å². The number of nitrogens with two attached hydrogens (primary N) is 1. The zero-order valence-corrected chi connectivity index (χ0v) is 12.2. The maximum atomic E-state index is 12.3. The first-order valence-electron chi connectivity index (χ1n) is 6.18. The zero-order chi connectivity index (χ0) is 14.3. The number of sulfonamides is 1. The van der Waals surface area contributed by atoms with Gasteiger partial charge >= 0.3 is 0 Å². The maximum Gasteiger partial charge on any atom is 0.242 e. The molecule has 0 radical (unpaired) electrons. The first-order chi connectivity index (χ1) is 8.79. The van der Waals surface area contributed by atoms with Gasteiger partial charge in [-0.3, -0.25) is 0 Å². The summed E-state index contributed by atoms with van der Waals surface area (Å²) in [6, 6.07) is 6.33. The molecule has 2 rings (SSSR count). The van der Waals surface area contributed by atoms with Crippen LogP contribution in [-0.4, -0.2) is 27.7 Å². The van der Waals surface area contributed by atoms with E-state index in [0.29, 0.717) is 6.42 Å². The van der Waals surface area contributed by atoms with Gasteiger partial charge < -0.3 is 10.5 Å². The molecule has 0 aliphatic heterocycles. The number of methoxy groups -OCH3 is 1. The van der Waals surface area contributed by atoms with Crippen LogP contribution >= 0.6 is 0 Å². The summed E-state index contributed by atoms with van der Waals surface area (Å²) >= 11 is 0. The molecule has 106 valence electrons. The summed E-state index contributed by atoms with van der Waals surface area (Å²) in [6.07, 6.45) is 0.753. The van der Waals surface area contributed by atoms with Crippen molar-refractivity contribution in [3.05, 3.63) is 24.3 Å². The van der Waals surface area contributed by atoms with E-state index >= 15 is 0 Å². The number of benzene rings is 1. The van der Waals surface area contributed by atoms with Gasteiger partial charge in [0.25, 0.3) is 0 Å². The van der Waals surface area contributed by atoms with Crippen molar-refractivity contribution in [1.82, 2.24) is 4.72 Å². The Bertz CT molecular complexity index is 569. The minimum absolute atomic E-state index is 0.0771. The summed E-state index contributed by atoms with van der Waals surface area (Å²) in [7, 11) is -1.94. The van der Waals surface area contributed by atoms with Gasteiger partial charge in [0.2, 0.25) is 10.0 Å². The fourth-order valence-corrected chi connectivity index (χ4v) is 4.00. The first kappa shape index (κ1) is 14.3. The summed E-state index contributed by atoms with van der Waals surface area (Å²) in [5.41, 5.74) is 5.76. The molecule has 0 amide bonds. The van der Waals surface area contributed by atoms with Crippen molar-refractivity contribution < 1.29 is 13.2 Å². The van der Waals surface area contributed by atoms with Crippen LogP contribution in [0.2, 0.25) is 0 Å². The second-order valence-corrected chi connectivity index (χ2v) is 7.18. The molecule has 1 aromatic rings. The molecular weight excluding hydrogens is 264 g/mol.